The van der Waals surface area contributed by atoms with Gasteiger partial charge < -0.3 is 41.2 Å². The minimum atomic E-state index is -3.46. The van der Waals surface area contributed by atoms with Crippen molar-refractivity contribution in [3.8, 4) is 5.75 Å². The number of nitrogens with zero attached hydrogens (tertiary/aromatic N) is 3. The van der Waals surface area contributed by atoms with E-state index < -0.39 is 60.0 Å². The lowest BCUT2D eigenvalue weighted by Crippen LogP contribution is -2.68. The molecule has 2 aromatic rings. The molecule has 3 rings (SSSR count). The number of hydrogen-bond acceptors (Lipinski definition) is 12. The van der Waals surface area contributed by atoms with Crippen LogP contribution >= 0.6 is 0 Å². The molecule has 1 aromatic heterocycles. The van der Waals surface area contributed by atoms with E-state index in [1.807, 2.05) is 0 Å². The maximum absolute atomic E-state index is 12.6. The van der Waals surface area contributed by atoms with Gasteiger partial charge in [-0.1, -0.05) is 22.7 Å². The number of nitrogens with one attached hydrogen (secondary N) is 1. The standard InChI is InChI=1S/C17H20FN5O9/c18-21-14(27)9-5-20-15(28)23(13(9)19)17(30)16(29,12(26)11(7-24)32-17)22(31)6-8-3-1-2-4-10(8)25/h1-5,11-12,24-26,29-31H,6-7,19H2,(H,21,27)/t11-,12-,16-,17+/m1/s1. The highest BCUT2D eigenvalue weighted by atomic mass is 19.2. The van der Waals surface area contributed by atoms with Gasteiger partial charge in [-0.2, -0.15) is 5.54 Å². The molecule has 9 N–H and O–H groups in total. The van der Waals surface area contributed by atoms with Gasteiger partial charge in [0.1, 0.15) is 29.3 Å². The van der Waals surface area contributed by atoms with Crippen LogP contribution in [0.3, 0.4) is 0 Å². The number of rotatable bonds is 6. The summed E-state index contributed by atoms with van der Waals surface area (Å²) in [5, 5.41) is 63.0. The van der Waals surface area contributed by atoms with E-state index >= 15 is 0 Å². The number of phenols is 1. The molecule has 1 aliphatic rings. The number of nitrogen functional groups attached to an aromatic ring is 1. The first-order valence-corrected chi connectivity index (χ1v) is 8.96. The minimum absolute atomic E-state index is 0.00449. The Hall–Kier alpha value is -3.18. The molecule has 0 spiro atoms. The van der Waals surface area contributed by atoms with Crippen LogP contribution in [0.25, 0.3) is 0 Å². The van der Waals surface area contributed by atoms with Gasteiger partial charge in [0.15, 0.2) is 0 Å². The zero-order valence-electron chi connectivity index (χ0n) is 16.2. The maximum atomic E-state index is 12.6. The topological polar surface area (TPSA) is 224 Å². The smallest absolute Gasteiger partial charge is 0.353 e. The molecule has 0 bridgehead atoms. The number of phenolic OH excluding ortho intramolecular Hbond substituents is 1. The molecule has 0 saturated carbocycles. The van der Waals surface area contributed by atoms with Crippen LogP contribution in [0.1, 0.15) is 15.9 Å². The third-order valence-corrected chi connectivity index (χ3v) is 5.09. The largest absolute Gasteiger partial charge is 0.508 e. The summed E-state index contributed by atoms with van der Waals surface area (Å²) < 4.78 is 17.7. The van der Waals surface area contributed by atoms with Crippen LogP contribution in [0.5, 0.6) is 5.75 Å². The van der Waals surface area contributed by atoms with Gasteiger partial charge in [-0.05, 0) is 6.07 Å². The van der Waals surface area contributed by atoms with Gasteiger partial charge in [0.25, 0.3) is 5.91 Å². The summed E-state index contributed by atoms with van der Waals surface area (Å²) in [5.74, 6) is -6.21. The van der Waals surface area contributed by atoms with Gasteiger partial charge in [0, 0.05) is 11.8 Å². The highest BCUT2D eigenvalue weighted by Crippen LogP contribution is 2.44. The van der Waals surface area contributed by atoms with Crippen LogP contribution < -0.4 is 17.0 Å². The number of anilines is 1. The number of carbonyl (C=O) groups excluding carboxylic acids is 1. The second kappa shape index (κ2) is 8.40. The Labute approximate surface area is 178 Å². The Balaban J connectivity index is 2.20. The van der Waals surface area contributed by atoms with Crippen LogP contribution in [0, 0.1) is 0 Å². The summed E-state index contributed by atoms with van der Waals surface area (Å²) in [6.07, 6.45) is -3.48. The van der Waals surface area contributed by atoms with Gasteiger partial charge >= 0.3 is 11.6 Å². The van der Waals surface area contributed by atoms with Crippen LogP contribution in [-0.2, 0) is 17.2 Å². The number of ether oxygens (including phenoxy) is 1. The van der Waals surface area contributed by atoms with E-state index in [2.05, 4.69) is 4.98 Å². The number of aliphatic hydroxyl groups excluding tert-OH is 2. The quantitative estimate of drug-likeness (QED) is 0.124. The van der Waals surface area contributed by atoms with E-state index in [9.17, 15) is 44.8 Å². The monoisotopic (exact) mass is 457 g/mol. The summed E-state index contributed by atoms with van der Waals surface area (Å²) >= 11 is 0. The molecule has 0 radical (unpaired) electrons. The third kappa shape index (κ3) is 3.37. The highest BCUT2D eigenvalue weighted by molar-refractivity contribution is 5.97. The van der Waals surface area contributed by atoms with Gasteiger partial charge in [-0.25, -0.2) is 14.3 Å². The molecular weight excluding hydrogens is 437 g/mol. The Morgan fingerprint density at radius 2 is 2.03 bits per heavy atom. The van der Waals surface area contributed by atoms with Crippen LogP contribution in [0.4, 0.5) is 10.3 Å². The second-order valence-corrected chi connectivity index (χ2v) is 6.90. The Morgan fingerprint density at radius 3 is 2.62 bits per heavy atom. The normalized spacial score (nSPS) is 27.6. The lowest BCUT2D eigenvalue weighted by Gasteiger charge is -2.42. The van der Waals surface area contributed by atoms with E-state index in [1.165, 1.54) is 24.3 Å². The lowest BCUT2D eigenvalue weighted by molar-refractivity contribution is -0.413. The number of halogens is 1. The molecule has 1 aliphatic heterocycles. The molecule has 0 aliphatic carbocycles. The average Bonchev–Trinajstić information content (AvgIpc) is 2.96. The van der Waals surface area contributed by atoms with Crippen LogP contribution in [0.2, 0.25) is 0 Å². The fourth-order valence-corrected chi connectivity index (χ4v) is 3.40. The SMILES string of the molecule is Nc1c(C(=O)NF)cnc(=O)n1[C@@]1(O)O[C@H](CO)[C@@H](O)[C@]1(O)N(O)Cc1ccccc1O. The van der Waals surface area contributed by atoms with E-state index in [4.69, 9.17) is 10.5 Å². The molecule has 4 atom stereocenters. The first-order valence-electron chi connectivity index (χ1n) is 8.96. The molecule has 1 fully saturated rings. The summed E-state index contributed by atoms with van der Waals surface area (Å²) in [7, 11) is 0. The van der Waals surface area contributed by atoms with Crippen molar-refractivity contribution in [1.82, 2.24) is 20.2 Å². The Bertz CT molecular complexity index is 1080. The molecule has 1 saturated heterocycles. The predicted molar refractivity (Wildman–Crippen MR) is 100 cm³/mol. The molecule has 2 heterocycles. The van der Waals surface area contributed by atoms with Crippen molar-refractivity contribution in [3.05, 3.63) is 52.1 Å². The first-order chi connectivity index (χ1) is 15.0. The minimum Gasteiger partial charge on any atom is -0.508 e. The predicted octanol–water partition coefficient (Wildman–Crippen LogP) is -2.92. The van der Waals surface area contributed by atoms with Gasteiger partial charge in [-0.3, -0.25) is 4.79 Å². The molecule has 1 amide bonds. The number of benzene rings is 1. The van der Waals surface area contributed by atoms with E-state index in [0.29, 0.717) is 6.20 Å². The number of aromatic hydroxyl groups is 1. The molecule has 0 unspecified atom stereocenters. The number of para-hydroxylation sites is 1. The Kier molecular flexibility index (Phi) is 6.16. The summed E-state index contributed by atoms with van der Waals surface area (Å²) in [5.41, 5.74) is 0.950. The van der Waals surface area contributed by atoms with Crippen molar-refractivity contribution >= 4 is 11.7 Å². The van der Waals surface area contributed by atoms with Gasteiger partial charge in [0.2, 0.25) is 5.72 Å². The van der Waals surface area contributed by atoms with Gasteiger partial charge in [0.05, 0.1) is 13.2 Å². The number of nitrogens with two attached hydrogens (primary N) is 1. The van der Waals surface area contributed by atoms with E-state index in [1.54, 1.807) is 0 Å². The van der Waals surface area contributed by atoms with Crippen molar-refractivity contribution in [2.45, 2.75) is 30.4 Å². The van der Waals surface area contributed by atoms with Crippen LogP contribution in [-0.4, -0.2) is 75.8 Å². The zero-order valence-corrected chi connectivity index (χ0v) is 16.2. The van der Waals surface area contributed by atoms with Crippen molar-refractivity contribution in [2.75, 3.05) is 12.3 Å². The molecule has 15 heteroatoms. The van der Waals surface area contributed by atoms with Crippen molar-refractivity contribution in [1.29, 1.82) is 0 Å². The number of carbonyl (C=O) groups is 1. The number of hydrogen-bond donors (Lipinski definition) is 8. The molecule has 1 aromatic carbocycles. The number of hydroxylamine groups is 2. The van der Waals surface area contributed by atoms with Crippen molar-refractivity contribution < 1.29 is 44.8 Å². The summed E-state index contributed by atoms with van der Waals surface area (Å²) in [4.78, 5) is 27.4. The van der Waals surface area contributed by atoms with E-state index in [0.717, 1.165) is 5.54 Å². The molecule has 14 nitrogen and oxygen atoms in total. The Morgan fingerprint density at radius 1 is 1.38 bits per heavy atom. The zero-order chi connectivity index (χ0) is 23.8. The average molecular weight is 457 g/mol. The fourth-order valence-electron chi connectivity index (χ4n) is 3.40. The molecular formula is C17H20FN5O9. The number of amides is 1. The lowest BCUT2D eigenvalue weighted by atomic mass is 9.99. The third-order valence-electron chi connectivity index (χ3n) is 5.09. The number of aliphatic hydroxyl groups is 4. The summed E-state index contributed by atoms with van der Waals surface area (Å²) in [6, 6.07) is 5.53. The fraction of sp³-hybridized carbons (Fsp3) is 0.353. The first kappa shape index (κ1) is 23.5. The van der Waals surface area contributed by atoms with E-state index in [-0.39, 0.29) is 20.9 Å². The highest BCUT2D eigenvalue weighted by Gasteiger charge is 2.70. The maximum Gasteiger partial charge on any atom is 0.353 e. The molecule has 32 heavy (non-hydrogen) atoms. The van der Waals surface area contributed by atoms with Gasteiger partial charge in [-0.15, -0.1) is 5.06 Å². The second-order valence-electron chi connectivity index (χ2n) is 6.90. The van der Waals surface area contributed by atoms with Crippen LogP contribution in [0.15, 0.2) is 35.3 Å². The number of aromatic nitrogens is 2. The van der Waals surface area contributed by atoms with Crippen molar-refractivity contribution in [3.63, 3.8) is 0 Å². The van der Waals surface area contributed by atoms with Crippen molar-refractivity contribution in [2.24, 2.45) is 0 Å². The molecule has 174 valence electrons. The summed E-state index contributed by atoms with van der Waals surface area (Å²) in [6.45, 7) is -1.75.